The van der Waals surface area contributed by atoms with Gasteiger partial charge in [0.05, 0.1) is 20.6 Å². The third kappa shape index (κ3) is 4.09. The van der Waals surface area contributed by atoms with E-state index in [1.54, 1.807) is 0 Å². The zero-order valence-electron chi connectivity index (χ0n) is 14.4. The molecule has 3 rings (SSSR count). The molecule has 0 aliphatic heterocycles. The Morgan fingerprint density at radius 1 is 1.00 bits per heavy atom. The van der Waals surface area contributed by atoms with E-state index in [0.29, 0.717) is 12.1 Å². The van der Waals surface area contributed by atoms with Crippen molar-refractivity contribution in [1.82, 2.24) is 5.32 Å². The van der Waals surface area contributed by atoms with Gasteiger partial charge in [0.2, 0.25) is 0 Å². The topological polar surface area (TPSA) is 33.5 Å². The molecule has 3 aromatic carbocycles. The van der Waals surface area contributed by atoms with Gasteiger partial charge in [-0.25, -0.2) is 0 Å². The minimum absolute atomic E-state index is 0.0426. The summed E-state index contributed by atoms with van der Waals surface area (Å²) in [4.78, 5) is 13.7. The first-order chi connectivity index (χ1) is 12.1. The van der Waals surface area contributed by atoms with Gasteiger partial charge in [0, 0.05) is 15.6 Å². The highest BCUT2D eigenvalue weighted by atomic mass is 79.9. The molecule has 3 aromatic rings. The number of rotatable bonds is 5. The van der Waals surface area contributed by atoms with E-state index in [4.69, 9.17) is 0 Å². The molecule has 0 saturated heterocycles. The number of likely N-dealkylation sites (N-methyl/N-ethyl adjacent to an activating group) is 1. The van der Waals surface area contributed by atoms with Gasteiger partial charge in [0.1, 0.15) is 6.04 Å². The van der Waals surface area contributed by atoms with Crippen LogP contribution in [-0.2, 0) is 0 Å². The van der Waals surface area contributed by atoms with Gasteiger partial charge in [0.15, 0.2) is 0 Å². The highest BCUT2D eigenvalue weighted by molar-refractivity contribution is 9.10. The molecule has 3 nitrogen and oxygen atoms in total. The smallest absolute Gasteiger partial charge is 0.251 e. The number of amides is 1. The molecular formula is C21H22BrN2O+. The average molecular weight is 398 g/mol. The van der Waals surface area contributed by atoms with E-state index in [-0.39, 0.29) is 11.9 Å². The summed E-state index contributed by atoms with van der Waals surface area (Å²) in [7, 11) is 4.25. The van der Waals surface area contributed by atoms with Crippen LogP contribution < -0.4 is 10.2 Å². The molecule has 1 atom stereocenters. The maximum Gasteiger partial charge on any atom is 0.251 e. The molecule has 0 aromatic heterocycles. The number of hydrogen-bond acceptors (Lipinski definition) is 1. The van der Waals surface area contributed by atoms with Crippen LogP contribution in [0.15, 0.2) is 71.2 Å². The third-order valence-corrected chi connectivity index (χ3v) is 5.00. The molecule has 0 aliphatic rings. The molecule has 0 bridgehead atoms. The zero-order valence-corrected chi connectivity index (χ0v) is 16.0. The monoisotopic (exact) mass is 397 g/mol. The maximum absolute atomic E-state index is 12.4. The number of fused-ring (bicyclic) bond motifs is 1. The van der Waals surface area contributed by atoms with E-state index in [1.807, 2.05) is 24.3 Å². The van der Waals surface area contributed by atoms with Crippen LogP contribution in [-0.4, -0.2) is 26.5 Å². The fourth-order valence-corrected chi connectivity index (χ4v) is 3.34. The van der Waals surface area contributed by atoms with Crippen molar-refractivity contribution in [2.24, 2.45) is 0 Å². The maximum atomic E-state index is 12.4. The van der Waals surface area contributed by atoms with Crippen LogP contribution in [0.4, 0.5) is 0 Å². The molecule has 0 fully saturated rings. The van der Waals surface area contributed by atoms with E-state index < -0.39 is 0 Å². The zero-order chi connectivity index (χ0) is 17.8. The molecule has 0 aliphatic carbocycles. The number of quaternary nitrogens is 1. The Bertz CT molecular complexity index is 869. The number of carbonyl (C=O) groups is 1. The van der Waals surface area contributed by atoms with Gasteiger partial charge in [-0.05, 0) is 35.0 Å². The van der Waals surface area contributed by atoms with Gasteiger partial charge in [-0.15, -0.1) is 0 Å². The van der Waals surface area contributed by atoms with Gasteiger partial charge in [0.25, 0.3) is 5.91 Å². The molecule has 0 spiro atoms. The first-order valence-electron chi connectivity index (χ1n) is 8.37. The summed E-state index contributed by atoms with van der Waals surface area (Å²) >= 11 is 3.39. The van der Waals surface area contributed by atoms with Gasteiger partial charge in [-0.1, -0.05) is 58.4 Å². The summed E-state index contributed by atoms with van der Waals surface area (Å²) in [6.07, 6.45) is 0. The predicted octanol–water partition coefficient (Wildman–Crippen LogP) is 3.22. The molecule has 1 amide bonds. The SMILES string of the molecule is C[NH+](C)[C@@H](CNC(=O)c1ccc(Br)cc1)c1cccc2ccccc12. The van der Waals surface area contributed by atoms with Crippen molar-refractivity contribution in [2.75, 3.05) is 20.6 Å². The minimum atomic E-state index is -0.0426. The number of hydrogen-bond donors (Lipinski definition) is 2. The summed E-state index contributed by atoms with van der Waals surface area (Å²) in [6, 6.07) is 22.4. The second-order valence-corrected chi connectivity index (χ2v) is 7.33. The van der Waals surface area contributed by atoms with Crippen LogP contribution in [0.3, 0.4) is 0 Å². The number of nitrogens with one attached hydrogen (secondary N) is 2. The van der Waals surface area contributed by atoms with Crippen LogP contribution in [0.5, 0.6) is 0 Å². The second-order valence-electron chi connectivity index (χ2n) is 6.42. The molecule has 0 unspecified atom stereocenters. The first kappa shape index (κ1) is 17.6. The van der Waals surface area contributed by atoms with E-state index in [0.717, 1.165) is 4.47 Å². The molecule has 4 heteroatoms. The molecule has 25 heavy (non-hydrogen) atoms. The number of halogens is 1. The lowest BCUT2D eigenvalue weighted by atomic mass is 9.98. The van der Waals surface area contributed by atoms with Gasteiger partial charge in [-0.3, -0.25) is 4.79 Å². The lowest BCUT2D eigenvalue weighted by molar-refractivity contribution is -0.890. The van der Waals surface area contributed by atoms with Crippen molar-refractivity contribution in [3.05, 3.63) is 82.3 Å². The van der Waals surface area contributed by atoms with Crippen molar-refractivity contribution in [2.45, 2.75) is 6.04 Å². The number of benzene rings is 3. The summed E-state index contributed by atoms with van der Waals surface area (Å²) < 4.78 is 0.968. The van der Waals surface area contributed by atoms with Gasteiger partial charge >= 0.3 is 0 Å². The lowest BCUT2D eigenvalue weighted by Crippen LogP contribution is -3.07. The molecule has 2 N–H and O–H groups in total. The summed E-state index contributed by atoms with van der Waals surface area (Å²) in [5, 5.41) is 5.56. The van der Waals surface area contributed by atoms with Crippen molar-refractivity contribution in [3.63, 3.8) is 0 Å². The highest BCUT2D eigenvalue weighted by Crippen LogP contribution is 2.22. The van der Waals surface area contributed by atoms with Crippen molar-refractivity contribution >= 4 is 32.6 Å². The Balaban J connectivity index is 1.82. The van der Waals surface area contributed by atoms with E-state index in [9.17, 15) is 4.79 Å². The van der Waals surface area contributed by atoms with Crippen LogP contribution in [0.25, 0.3) is 10.8 Å². The van der Waals surface area contributed by atoms with Gasteiger partial charge in [-0.2, -0.15) is 0 Å². The fraction of sp³-hybridized carbons (Fsp3) is 0.190. The van der Waals surface area contributed by atoms with Crippen molar-refractivity contribution < 1.29 is 9.69 Å². The van der Waals surface area contributed by atoms with Crippen LogP contribution >= 0.6 is 15.9 Å². The predicted molar refractivity (Wildman–Crippen MR) is 106 cm³/mol. The standard InChI is InChI=1S/C21H21BrN2O/c1-24(2)20(14-23-21(25)16-10-12-17(22)13-11-16)19-9-5-7-15-6-3-4-8-18(15)19/h3-13,20H,14H2,1-2H3,(H,23,25)/p+1/t20-/m0/s1. The molecule has 0 heterocycles. The minimum Gasteiger partial charge on any atom is -0.346 e. The normalized spacial score (nSPS) is 12.3. The average Bonchev–Trinajstić information content (AvgIpc) is 2.62. The third-order valence-electron chi connectivity index (χ3n) is 4.47. The second kappa shape index (κ2) is 7.81. The Kier molecular flexibility index (Phi) is 5.51. The molecule has 0 radical (unpaired) electrons. The molecular weight excluding hydrogens is 376 g/mol. The number of carbonyl (C=O) groups excluding carboxylic acids is 1. The Morgan fingerprint density at radius 2 is 1.68 bits per heavy atom. The van der Waals surface area contributed by atoms with Gasteiger partial charge < -0.3 is 10.2 Å². The highest BCUT2D eigenvalue weighted by Gasteiger charge is 2.21. The Hall–Kier alpha value is -2.17. The summed E-state index contributed by atoms with van der Waals surface area (Å²) in [6.45, 7) is 0.589. The summed E-state index contributed by atoms with van der Waals surface area (Å²) in [5.74, 6) is -0.0426. The van der Waals surface area contributed by atoms with Crippen molar-refractivity contribution in [3.8, 4) is 0 Å². The van der Waals surface area contributed by atoms with E-state index in [2.05, 4.69) is 77.8 Å². The largest absolute Gasteiger partial charge is 0.346 e. The fourth-order valence-electron chi connectivity index (χ4n) is 3.08. The Morgan fingerprint density at radius 3 is 2.40 bits per heavy atom. The summed E-state index contributed by atoms with van der Waals surface area (Å²) in [5.41, 5.74) is 1.93. The lowest BCUT2D eigenvalue weighted by Gasteiger charge is -2.23. The first-order valence-corrected chi connectivity index (χ1v) is 9.17. The van der Waals surface area contributed by atoms with E-state index in [1.165, 1.54) is 21.2 Å². The van der Waals surface area contributed by atoms with Crippen LogP contribution in [0.2, 0.25) is 0 Å². The van der Waals surface area contributed by atoms with Crippen LogP contribution in [0, 0.1) is 0 Å². The quantitative estimate of drug-likeness (QED) is 0.680. The van der Waals surface area contributed by atoms with Crippen molar-refractivity contribution in [1.29, 1.82) is 0 Å². The van der Waals surface area contributed by atoms with E-state index >= 15 is 0 Å². The molecule has 128 valence electrons. The van der Waals surface area contributed by atoms with Crippen LogP contribution in [0.1, 0.15) is 22.0 Å². The molecule has 0 saturated carbocycles. The Labute approximate surface area is 156 Å².